The Kier molecular flexibility index (Phi) is 7.31. The van der Waals surface area contributed by atoms with Gasteiger partial charge in [-0.2, -0.15) is 0 Å². The van der Waals surface area contributed by atoms with Crippen LogP contribution in [0.2, 0.25) is 0 Å². The van der Waals surface area contributed by atoms with Crippen LogP contribution in [-0.4, -0.2) is 49.7 Å². The van der Waals surface area contributed by atoms with Crippen molar-refractivity contribution in [3.05, 3.63) is 77.1 Å². The Bertz CT molecular complexity index is 1620. The van der Waals surface area contributed by atoms with Crippen LogP contribution in [0.1, 0.15) is 24.1 Å². The molecule has 206 valence electrons. The molecule has 2 heterocycles. The van der Waals surface area contributed by atoms with E-state index in [1.54, 1.807) is 24.3 Å². The molecule has 1 amide bonds. The molecule has 1 saturated heterocycles. The summed E-state index contributed by atoms with van der Waals surface area (Å²) in [5.74, 6) is -1.25. The number of fused-ring (bicyclic) bond motifs is 1. The molecule has 0 saturated carbocycles. The fourth-order valence-electron chi connectivity index (χ4n) is 4.62. The lowest BCUT2D eigenvalue weighted by molar-refractivity contribution is -0.132. The summed E-state index contributed by atoms with van der Waals surface area (Å²) in [5, 5.41) is 11.6. The lowest BCUT2D eigenvalue weighted by Gasteiger charge is -2.24. The quantitative estimate of drug-likeness (QED) is 0.170. The van der Waals surface area contributed by atoms with Crippen molar-refractivity contribution in [1.29, 1.82) is 0 Å². The average molecular weight is 565 g/mol. The molecule has 1 aliphatic heterocycles. The molecule has 1 aromatic heterocycles. The molecular weight excluding hydrogens is 539 g/mol. The summed E-state index contributed by atoms with van der Waals surface area (Å²) in [6, 6.07) is 12.4. The number of methoxy groups -OCH3 is 3. The minimum absolute atomic E-state index is 0.169. The van der Waals surface area contributed by atoms with Crippen molar-refractivity contribution in [2.45, 2.75) is 13.0 Å². The smallest absolute Gasteiger partial charge is 0.301 e. The topological polar surface area (TPSA) is 107 Å². The first-order chi connectivity index (χ1) is 19.3. The van der Waals surface area contributed by atoms with Gasteiger partial charge in [-0.05, 0) is 67.1 Å². The fraction of sp³-hybridized carbons (Fsp3) is 0.207. The highest BCUT2D eigenvalue weighted by atomic mass is 32.1. The van der Waals surface area contributed by atoms with Crippen molar-refractivity contribution in [1.82, 2.24) is 4.98 Å². The molecule has 0 aliphatic carbocycles. The van der Waals surface area contributed by atoms with Gasteiger partial charge in [0.25, 0.3) is 5.78 Å². The van der Waals surface area contributed by atoms with Crippen molar-refractivity contribution in [2.24, 2.45) is 0 Å². The number of hydrogen-bond acceptors (Lipinski definition) is 9. The van der Waals surface area contributed by atoms with Crippen molar-refractivity contribution >= 4 is 44.1 Å². The van der Waals surface area contributed by atoms with E-state index in [1.807, 2.05) is 13.0 Å². The lowest BCUT2D eigenvalue weighted by Crippen LogP contribution is -2.29. The van der Waals surface area contributed by atoms with Gasteiger partial charge in [-0.3, -0.25) is 14.5 Å². The predicted octanol–water partition coefficient (Wildman–Crippen LogP) is 5.49. The minimum atomic E-state index is -1.12. The number of anilines is 1. The monoisotopic (exact) mass is 564 g/mol. The predicted molar refractivity (Wildman–Crippen MR) is 148 cm³/mol. The van der Waals surface area contributed by atoms with Crippen LogP contribution in [-0.2, 0) is 9.59 Å². The molecular formula is C29H25FN2O7S. The number of amides is 1. The number of aliphatic hydroxyl groups is 1. The van der Waals surface area contributed by atoms with E-state index in [2.05, 4.69) is 4.98 Å². The first-order valence-electron chi connectivity index (χ1n) is 12.2. The molecule has 1 aliphatic rings. The van der Waals surface area contributed by atoms with Gasteiger partial charge < -0.3 is 24.1 Å². The van der Waals surface area contributed by atoms with Gasteiger partial charge >= 0.3 is 5.91 Å². The minimum Gasteiger partial charge on any atom is -0.507 e. The maximum Gasteiger partial charge on any atom is 0.301 e. The fourth-order valence-corrected chi connectivity index (χ4v) is 5.64. The standard InChI is InChI=1S/C29H25FN2O7S/c1-5-39-18-10-11-19-22(14-18)40-29(31-19)32-24(16-12-20(36-2)27(38-4)21(13-16)37-3)23(26(34)28(32)35)25(33)15-6-8-17(30)9-7-15/h6-14,24,33H,5H2,1-4H3/b25-23+/t24-/m0/s1. The van der Waals surface area contributed by atoms with E-state index < -0.39 is 29.3 Å². The third kappa shape index (κ3) is 4.58. The van der Waals surface area contributed by atoms with Gasteiger partial charge in [0.1, 0.15) is 17.3 Å². The van der Waals surface area contributed by atoms with E-state index in [9.17, 15) is 19.1 Å². The number of nitrogens with zero attached hydrogens (tertiary/aromatic N) is 2. The molecule has 1 fully saturated rings. The summed E-state index contributed by atoms with van der Waals surface area (Å²) < 4.78 is 36.4. The summed E-state index contributed by atoms with van der Waals surface area (Å²) in [7, 11) is 4.35. The van der Waals surface area contributed by atoms with Crippen molar-refractivity contribution in [3.63, 3.8) is 0 Å². The number of Topliss-reactive ketones (excluding diaryl/α,β-unsaturated/α-hetero) is 1. The Labute approximate surface area is 233 Å². The molecule has 4 aromatic rings. The van der Waals surface area contributed by atoms with Crippen LogP contribution < -0.4 is 23.8 Å². The van der Waals surface area contributed by atoms with Crippen LogP contribution >= 0.6 is 11.3 Å². The number of rotatable bonds is 8. The summed E-state index contributed by atoms with van der Waals surface area (Å²) in [6.45, 7) is 2.36. The van der Waals surface area contributed by atoms with Crippen molar-refractivity contribution in [2.75, 3.05) is 32.8 Å². The zero-order valence-corrected chi connectivity index (χ0v) is 22.9. The molecule has 9 nitrogen and oxygen atoms in total. The van der Waals surface area contributed by atoms with Gasteiger partial charge in [0, 0.05) is 5.56 Å². The number of aliphatic hydroxyl groups excluding tert-OH is 1. The number of halogens is 1. The summed E-state index contributed by atoms with van der Waals surface area (Å²) in [4.78, 5) is 33.0. The van der Waals surface area contributed by atoms with Gasteiger partial charge in [-0.25, -0.2) is 9.37 Å². The molecule has 5 rings (SSSR count). The maximum atomic E-state index is 13.6. The number of thiazole rings is 1. The number of ketones is 1. The number of carbonyl (C=O) groups is 2. The molecule has 0 unspecified atom stereocenters. The lowest BCUT2D eigenvalue weighted by atomic mass is 9.94. The molecule has 0 spiro atoms. The first-order valence-corrected chi connectivity index (χ1v) is 13.0. The van der Waals surface area contributed by atoms with E-state index in [0.29, 0.717) is 29.2 Å². The molecule has 1 atom stereocenters. The van der Waals surface area contributed by atoms with Gasteiger partial charge in [0.05, 0.1) is 49.8 Å². The second-order valence-electron chi connectivity index (χ2n) is 8.69. The van der Waals surface area contributed by atoms with E-state index in [4.69, 9.17) is 18.9 Å². The number of carbonyl (C=O) groups excluding carboxylic acids is 2. The average Bonchev–Trinajstić information content (AvgIpc) is 3.49. The number of hydrogen-bond donors (Lipinski definition) is 1. The normalized spacial score (nSPS) is 16.4. The van der Waals surface area contributed by atoms with Gasteiger partial charge in [-0.1, -0.05) is 11.3 Å². The number of ether oxygens (including phenoxy) is 4. The van der Waals surface area contributed by atoms with Gasteiger partial charge in [-0.15, -0.1) is 0 Å². The highest BCUT2D eigenvalue weighted by Crippen LogP contribution is 2.48. The van der Waals surface area contributed by atoms with Crippen LogP contribution in [0.15, 0.2) is 60.2 Å². The van der Waals surface area contributed by atoms with E-state index in [-0.39, 0.29) is 27.8 Å². The molecule has 40 heavy (non-hydrogen) atoms. The first kappa shape index (κ1) is 26.9. The van der Waals surface area contributed by atoms with Crippen molar-refractivity contribution < 1.29 is 38.0 Å². The third-order valence-corrected chi connectivity index (χ3v) is 7.45. The highest BCUT2D eigenvalue weighted by molar-refractivity contribution is 7.22. The van der Waals surface area contributed by atoms with E-state index >= 15 is 0 Å². The van der Waals surface area contributed by atoms with Gasteiger partial charge in [0.15, 0.2) is 16.6 Å². The van der Waals surface area contributed by atoms with Crippen molar-refractivity contribution in [3.8, 4) is 23.0 Å². The summed E-state index contributed by atoms with van der Waals surface area (Å²) in [6.07, 6.45) is 0. The molecule has 0 bridgehead atoms. The third-order valence-electron chi connectivity index (χ3n) is 6.43. The second-order valence-corrected chi connectivity index (χ2v) is 9.70. The number of benzene rings is 3. The largest absolute Gasteiger partial charge is 0.507 e. The van der Waals surface area contributed by atoms with Crippen LogP contribution in [0.3, 0.4) is 0 Å². The highest BCUT2D eigenvalue weighted by Gasteiger charge is 2.48. The Morgan fingerprint density at radius 2 is 1.68 bits per heavy atom. The van der Waals surface area contributed by atoms with Crippen LogP contribution in [0.25, 0.3) is 16.0 Å². The Morgan fingerprint density at radius 3 is 2.27 bits per heavy atom. The molecule has 3 aromatic carbocycles. The zero-order chi connectivity index (χ0) is 28.6. The van der Waals surface area contributed by atoms with E-state index in [1.165, 1.54) is 49.7 Å². The van der Waals surface area contributed by atoms with Crippen LogP contribution in [0.5, 0.6) is 23.0 Å². The second kappa shape index (κ2) is 10.9. The summed E-state index contributed by atoms with van der Waals surface area (Å²) in [5.41, 5.74) is 0.974. The summed E-state index contributed by atoms with van der Waals surface area (Å²) >= 11 is 1.20. The Morgan fingerprint density at radius 1 is 1.00 bits per heavy atom. The SMILES string of the molecule is CCOc1ccc2nc(N3C(=O)C(=O)/C(=C(/O)c4ccc(F)cc4)[C@@H]3c3cc(OC)c(OC)c(OC)c3)sc2c1. The Hall–Kier alpha value is -4.64. The number of aromatic nitrogens is 1. The zero-order valence-electron chi connectivity index (χ0n) is 22.1. The maximum absolute atomic E-state index is 13.6. The van der Waals surface area contributed by atoms with Crippen LogP contribution in [0.4, 0.5) is 9.52 Å². The molecule has 11 heteroatoms. The Balaban J connectivity index is 1.75. The van der Waals surface area contributed by atoms with E-state index in [0.717, 1.165) is 16.8 Å². The molecule has 0 radical (unpaired) electrons. The molecule has 1 N–H and O–H groups in total. The van der Waals surface area contributed by atoms with Crippen LogP contribution in [0, 0.1) is 5.82 Å². The van der Waals surface area contributed by atoms with Gasteiger partial charge in [0.2, 0.25) is 5.75 Å².